The molecule has 0 saturated carbocycles. The molecule has 0 aliphatic carbocycles. The summed E-state index contributed by atoms with van der Waals surface area (Å²) in [5, 5.41) is 3.76. The van der Waals surface area contributed by atoms with Gasteiger partial charge in [-0.25, -0.2) is 4.83 Å². The third kappa shape index (κ3) is 5.50. The van der Waals surface area contributed by atoms with Crippen molar-refractivity contribution in [1.82, 2.24) is 4.83 Å². The number of nitrogens with zero attached hydrogens (tertiary/aromatic N) is 1. The fourth-order valence-electron chi connectivity index (χ4n) is 1.84. The van der Waals surface area contributed by atoms with Crippen molar-refractivity contribution in [2.45, 2.75) is 11.8 Å². The van der Waals surface area contributed by atoms with E-state index in [4.69, 9.17) is 4.74 Å². The van der Waals surface area contributed by atoms with Crippen molar-refractivity contribution in [3.63, 3.8) is 0 Å². The molecular formula is C17H17BrN2O3S. The van der Waals surface area contributed by atoms with Crippen molar-refractivity contribution < 1.29 is 13.2 Å². The van der Waals surface area contributed by atoms with Gasteiger partial charge in [-0.15, -0.1) is 0 Å². The number of sulfonamides is 1. The van der Waals surface area contributed by atoms with E-state index in [1.807, 2.05) is 43.3 Å². The van der Waals surface area contributed by atoms with Gasteiger partial charge in [0.2, 0.25) is 0 Å². The highest BCUT2D eigenvalue weighted by atomic mass is 79.9. The van der Waals surface area contributed by atoms with E-state index in [1.165, 1.54) is 18.3 Å². The number of allylic oxidation sites excluding steroid dienone is 1. The Morgan fingerprint density at radius 2 is 1.83 bits per heavy atom. The van der Waals surface area contributed by atoms with E-state index in [0.29, 0.717) is 16.8 Å². The first-order valence-corrected chi connectivity index (χ1v) is 9.49. The third-order valence-corrected chi connectivity index (χ3v) is 4.58. The summed E-state index contributed by atoms with van der Waals surface area (Å²) < 4.78 is 30.2. The number of ether oxygens (including phenoxy) is 1. The minimum atomic E-state index is -3.71. The average molecular weight is 409 g/mol. The Morgan fingerprint density at radius 1 is 1.17 bits per heavy atom. The van der Waals surface area contributed by atoms with Crippen molar-refractivity contribution in [3.05, 3.63) is 64.6 Å². The maximum atomic E-state index is 12.1. The van der Waals surface area contributed by atoms with Crippen LogP contribution in [0.1, 0.15) is 12.5 Å². The van der Waals surface area contributed by atoms with Gasteiger partial charge < -0.3 is 4.74 Å². The van der Waals surface area contributed by atoms with E-state index in [2.05, 4.69) is 25.9 Å². The Labute approximate surface area is 150 Å². The minimum absolute atomic E-state index is 0.117. The quantitative estimate of drug-likeness (QED) is 0.559. The van der Waals surface area contributed by atoms with Gasteiger partial charge in [0.25, 0.3) is 10.0 Å². The maximum Gasteiger partial charge on any atom is 0.276 e. The molecule has 7 heteroatoms. The van der Waals surface area contributed by atoms with Crippen LogP contribution in [0.3, 0.4) is 0 Å². The molecule has 2 aromatic rings. The van der Waals surface area contributed by atoms with Gasteiger partial charge in [-0.1, -0.05) is 30.3 Å². The number of rotatable bonds is 7. The lowest BCUT2D eigenvalue weighted by atomic mass is 10.2. The molecule has 0 aliphatic rings. The second kappa shape index (κ2) is 8.65. The maximum absolute atomic E-state index is 12.1. The van der Waals surface area contributed by atoms with Crippen LogP contribution in [0.4, 0.5) is 0 Å². The zero-order valence-electron chi connectivity index (χ0n) is 13.0. The molecule has 0 radical (unpaired) electrons. The van der Waals surface area contributed by atoms with Crippen LogP contribution in [0, 0.1) is 0 Å². The molecule has 5 nitrogen and oxygen atoms in total. The topological polar surface area (TPSA) is 67.8 Å². The molecule has 0 amide bonds. The van der Waals surface area contributed by atoms with E-state index in [0.717, 1.165) is 5.56 Å². The number of hydrogen-bond acceptors (Lipinski definition) is 4. The molecule has 0 fully saturated rings. The fourth-order valence-corrected chi connectivity index (χ4v) is 3.00. The molecule has 0 aliphatic heterocycles. The smallest absolute Gasteiger partial charge is 0.276 e. The van der Waals surface area contributed by atoms with E-state index in [-0.39, 0.29) is 4.90 Å². The molecule has 2 rings (SSSR count). The summed E-state index contributed by atoms with van der Waals surface area (Å²) >= 11 is 3.33. The SMILES string of the molecule is CCOc1ccc(S(=O)(=O)NN=CC(Br)=Cc2ccccc2)cc1. The number of benzene rings is 2. The van der Waals surface area contributed by atoms with Crippen LogP contribution < -0.4 is 9.57 Å². The average Bonchev–Trinajstić information content (AvgIpc) is 2.56. The molecule has 24 heavy (non-hydrogen) atoms. The lowest BCUT2D eigenvalue weighted by Gasteiger charge is -2.05. The zero-order valence-corrected chi connectivity index (χ0v) is 15.4. The van der Waals surface area contributed by atoms with Gasteiger partial charge in [-0.05, 0) is 58.8 Å². The van der Waals surface area contributed by atoms with Crippen molar-refractivity contribution >= 4 is 38.2 Å². The first-order chi connectivity index (χ1) is 11.5. The Bertz CT molecular complexity index is 817. The van der Waals surface area contributed by atoms with Crippen LogP contribution in [-0.2, 0) is 10.0 Å². The summed E-state index contributed by atoms with van der Waals surface area (Å²) in [6, 6.07) is 15.8. The lowest BCUT2D eigenvalue weighted by Crippen LogP contribution is -2.18. The van der Waals surface area contributed by atoms with Crippen LogP contribution in [0.15, 0.2) is 69.1 Å². The van der Waals surface area contributed by atoms with E-state index < -0.39 is 10.0 Å². The summed E-state index contributed by atoms with van der Waals surface area (Å²) in [5.74, 6) is 0.619. The van der Waals surface area contributed by atoms with E-state index >= 15 is 0 Å². The van der Waals surface area contributed by atoms with E-state index in [1.54, 1.807) is 12.1 Å². The monoisotopic (exact) mass is 408 g/mol. The second-order valence-corrected chi connectivity index (χ2v) is 7.27. The minimum Gasteiger partial charge on any atom is -0.494 e. The lowest BCUT2D eigenvalue weighted by molar-refractivity contribution is 0.340. The largest absolute Gasteiger partial charge is 0.494 e. The number of hydrazone groups is 1. The van der Waals surface area contributed by atoms with Crippen LogP contribution in [0.2, 0.25) is 0 Å². The van der Waals surface area contributed by atoms with Gasteiger partial charge in [-0.2, -0.15) is 13.5 Å². The van der Waals surface area contributed by atoms with Crippen molar-refractivity contribution in [2.75, 3.05) is 6.61 Å². The molecule has 2 aromatic carbocycles. The molecule has 0 heterocycles. The molecular weight excluding hydrogens is 392 g/mol. The molecule has 0 spiro atoms. The van der Waals surface area contributed by atoms with Crippen LogP contribution in [0.5, 0.6) is 5.75 Å². The Balaban J connectivity index is 2.02. The van der Waals surface area contributed by atoms with Gasteiger partial charge >= 0.3 is 0 Å². The van der Waals surface area contributed by atoms with Crippen LogP contribution in [-0.4, -0.2) is 21.2 Å². The van der Waals surface area contributed by atoms with Gasteiger partial charge in [0.15, 0.2) is 0 Å². The van der Waals surface area contributed by atoms with Crippen molar-refractivity contribution in [2.24, 2.45) is 5.10 Å². The van der Waals surface area contributed by atoms with Crippen LogP contribution >= 0.6 is 15.9 Å². The van der Waals surface area contributed by atoms with Gasteiger partial charge in [-0.3, -0.25) is 0 Å². The highest BCUT2D eigenvalue weighted by Gasteiger charge is 2.12. The number of halogens is 1. The summed E-state index contributed by atoms with van der Waals surface area (Å²) in [6.45, 7) is 2.39. The van der Waals surface area contributed by atoms with Gasteiger partial charge in [0.1, 0.15) is 5.75 Å². The van der Waals surface area contributed by atoms with Crippen molar-refractivity contribution in [3.8, 4) is 5.75 Å². The highest BCUT2D eigenvalue weighted by molar-refractivity contribution is 9.12. The van der Waals surface area contributed by atoms with Gasteiger partial charge in [0, 0.05) is 4.48 Å². The Hall–Kier alpha value is -2.12. The summed E-state index contributed by atoms with van der Waals surface area (Å²) in [6.07, 6.45) is 3.22. The Morgan fingerprint density at radius 3 is 2.46 bits per heavy atom. The number of hydrogen-bond donors (Lipinski definition) is 1. The van der Waals surface area contributed by atoms with Crippen LogP contribution in [0.25, 0.3) is 6.08 Å². The van der Waals surface area contributed by atoms with Crippen molar-refractivity contribution in [1.29, 1.82) is 0 Å². The molecule has 0 saturated heterocycles. The standard InChI is InChI=1S/C17H17BrN2O3S/c1-2-23-16-8-10-17(11-9-16)24(21,22)20-19-13-15(18)12-14-6-4-3-5-7-14/h3-13,20H,2H2,1H3. The third-order valence-electron chi connectivity index (χ3n) is 2.91. The fraction of sp³-hybridized carbons (Fsp3) is 0.118. The molecule has 0 bridgehead atoms. The molecule has 1 N–H and O–H groups in total. The number of nitrogens with one attached hydrogen (secondary N) is 1. The predicted molar refractivity (Wildman–Crippen MR) is 99.8 cm³/mol. The first kappa shape index (κ1) is 18.2. The normalized spacial score (nSPS) is 12.3. The predicted octanol–water partition coefficient (Wildman–Crippen LogP) is 3.79. The summed E-state index contributed by atoms with van der Waals surface area (Å²) in [4.78, 5) is 2.29. The molecule has 0 unspecified atom stereocenters. The summed E-state index contributed by atoms with van der Waals surface area (Å²) in [5.41, 5.74) is 0.977. The zero-order chi connectivity index (χ0) is 17.4. The van der Waals surface area contributed by atoms with E-state index in [9.17, 15) is 8.42 Å². The molecule has 126 valence electrons. The molecule has 0 atom stereocenters. The highest BCUT2D eigenvalue weighted by Crippen LogP contribution is 2.16. The van der Waals surface area contributed by atoms with Gasteiger partial charge in [0.05, 0.1) is 17.7 Å². The second-order valence-electron chi connectivity index (χ2n) is 4.70. The summed E-state index contributed by atoms with van der Waals surface area (Å²) in [7, 11) is -3.71. The molecule has 0 aromatic heterocycles. The Kier molecular flexibility index (Phi) is 6.57. The first-order valence-electron chi connectivity index (χ1n) is 7.21.